The number of benzene rings is 1. The van der Waals surface area contributed by atoms with Crippen molar-refractivity contribution in [3.63, 3.8) is 0 Å². The van der Waals surface area contributed by atoms with Crippen molar-refractivity contribution in [3.05, 3.63) is 39.9 Å². The fourth-order valence-electron chi connectivity index (χ4n) is 3.00. The topological polar surface area (TPSA) is 56.5 Å². The first-order valence-electron chi connectivity index (χ1n) is 7.59. The summed E-state index contributed by atoms with van der Waals surface area (Å²) in [7, 11) is 0. The van der Waals surface area contributed by atoms with E-state index >= 15 is 0 Å². The van der Waals surface area contributed by atoms with Gasteiger partial charge in [-0.05, 0) is 37.5 Å². The maximum absolute atomic E-state index is 12.2. The van der Waals surface area contributed by atoms with Crippen LogP contribution in [0, 0.1) is 0 Å². The molecule has 3 rings (SSSR count). The quantitative estimate of drug-likeness (QED) is 0.859. The first-order valence-corrected chi connectivity index (χ1v) is 7.59. The van der Waals surface area contributed by atoms with Gasteiger partial charge in [-0.3, -0.25) is 4.74 Å². The van der Waals surface area contributed by atoms with Crippen molar-refractivity contribution < 1.29 is 17.9 Å². The van der Waals surface area contributed by atoms with E-state index in [-0.39, 0.29) is 5.92 Å². The Hall–Kier alpha value is -2.22. The largest absolute Gasteiger partial charge is 0.522 e. The molecular weight excluding hydrogens is 323 g/mol. The third-order valence-electron chi connectivity index (χ3n) is 4.06. The number of halogens is 3. The lowest BCUT2D eigenvalue weighted by Gasteiger charge is -2.24. The zero-order valence-corrected chi connectivity index (χ0v) is 13.2. The van der Waals surface area contributed by atoms with Crippen LogP contribution in [0.2, 0.25) is 0 Å². The predicted octanol–water partition coefficient (Wildman–Crippen LogP) is 3.55. The fourth-order valence-corrected chi connectivity index (χ4v) is 3.00. The molecule has 0 bridgehead atoms. The summed E-state index contributed by atoms with van der Waals surface area (Å²) in [6.45, 7) is 3.26. The predicted molar refractivity (Wildman–Crippen MR) is 83.0 cm³/mol. The van der Waals surface area contributed by atoms with E-state index in [0.717, 1.165) is 12.1 Å². The molecule has 1 aromatic heterocycles. The van der Waals surface area contributed by atoms with Crippen molar-refractivity contribution >= 4 is 16.6 Å². The molecule has 5 nitrogen and oxygen atoms in total. The summed E-state index contributed by atoms with van der Waals surface area (Å²) in [6, 6.07) is 4.62. The van der Waals surface area contributed by atoms with Gasteiger partial charge in [0.25, 0.3) is 0 Å². The minimum Gasteiger partial charge on any atom is -0.287 e. The van der Waals surface area contributed by atoms with Crippen LogP contribution in [-0.4, -0.2) is 21.7 Å². The van der Waals surface area contributed by atoms with E-state index in [1.165, 1.54) is 10.7 Å². The number of rotatable bonds is 3. The van der Waals surface area contributed by atoms with Crippen LogP contribution >= 0.6 is 0 Å². The molecule has 1 unspecified atom stereocenters. The summed E-state index contributed by atoms with van der Waals surface area (Å²) in [5, 5.41) is 4.90. The van der Waals surface area contributed by atoms with Crippen LogP contribution in [0.3, 0.4) is 0 Å². The maximum Gasteiger partial charge on any atom is 0.522 e. The number of hydrogen-bond acceptors (Lipinski definition) is 4. The van der Waals surface area contributed by atoms with Gasteiger partial charge in [0.05, 0.1) is 17.8 Å². The Morgan fingerprint density at radius 2 is 2.12 bits per heavy atom. The second kappa shape index (κ2) is 6.01. The van der Waals surface area contributed by atoms with Crippen LogP contribution in [0.15, 0.2) is 28.1 Å². The second-order valence-corrected chi connectivity index (χ2v) is 5.82. The molecule has 0 spiro atoms. The number of ether oxygens (including phenoxy) is 1. The van der Waals surface area contributed by atoms with Gasteiger partial charge in [0.1, 0.15) is 0 Å². The minimum absolute atomic E-state index is 0.0690. The Morgan fingerprint density at radius 1 is 1.38 bits per heavy atom. The second-order valence-electron chi connectivity index (χ2n) is 5.82. The van der Waals surface area contributed by atoms with Gasteiger partial charge >= 0.3 is 12.1 Å². The summed E-state index contributed by atoms with van der Waals surface area (Å²) in [6.07, 6.45) is -3.19. The first-order chi connectivity index (χ1) is 11.3. The maximum atomic E-state index is 12.2. The summed E-state index contributed by atoms with van der Waals surface area (Å²) in [5.41, 5.74) is 1.87. The van der Waals surface area contributed by atoms with E-state index in [1.807, 2.05) is 13.8 Å². The third kappa shape index (κ3) is 3.19. The van der Waals surface area contributed by atoms with E-state index in [4.69, 9.17) is 0 Å². The van der Waals surface area contributed by atoms with Crippen molar-refractivity contribution in [3.8, 4) is 0 Å². The minimum atomic E-state index is -4.69. The molecule has 2 heterocycles. The first kappa shape index (κ1) is 16.6. The van der Waals surface area contributed by atoms with Crippen LogP contribution in [-0.2, 0) is 11.3 Å². The van der Waals surface area contributed by atoms with Crippen LogP contribution in [0.1, 0.15) is 43.9 Å². The van der Waals surface area contributed by atoms with Crippen molar-refractivity contribution in [2.24, 2.45) is 5.10 Å². The highest BCUT2D eigenvalue weighted by atomic mass is 19.4. The SMILES string of the molecule is CCC1CC(C)=Nn2c1c1cc(COC(F)(F)F)ccc1nc2=O. The molecule has 0 saturated carbocycles. The van der Waals surface area contributed by atoms with Crippen molar-refractivity contribution in [1.82, 2.24) is 9.66 Å². The summed E-state index contributed by atoms with van der Waals surface area (Å²) >= 11 is 0. The lowest BCUT2D eigenvalue weighted by atomic mass is 9.91. The van der Waals surface area contributed by atoms with E-state index in [2.05, 4.69) is 14.8 Å². The molecule has 8 heteroatoms. The van der Waals surface area contributed by atoms with E-state index in [0.29, 0.717) is 28.6 Å². The molecule has 0 radical (unpaired) electrons. The zero-order chi connectivity index (χ0) is 17.5. The van der Waals surface area contributed by atoms with Gasteiger partial charge in [-0.2, -0.15) is 14.8 Å². The molecule has 0 fully saturated rings. The average Bonchev–Trinajstić information content (AvgIpc) is 2.52. The highest BCUT2D eigenvalue weighted by Gasteiger charge is 2.29. The molecule has 1 aromatic carbocycles. The lowest BCUT2D eigenvalue weighted by molar-refractivity contribution is -0.330. The summed E-state index contributed by atoms with van der Waals surface area (Å²) < 4.78 is 41.9. The zero-order valence-electron chi connectivity index (χ0n) is 13.2. The van der Waals surface area contributed by atoms with Crippen LogP contribution in [0.4, 0.5) is 13.2 Å². The fraction of sp³-hybridized carbons (Fsp3) is 0.438. The van der Waals surface area contributed by atoms with Gasteiger partial charge in [-0.1, -0.05) is 13.0 Å². The number of fused-ring (bicyclic) bond motifs is 3. The van der Waals surface area contributed by atoms with Crippen molar-refractivity contribution in [1.29, 1.82) is 0 Å². The van der Waals surface area contributed by atoms with E-state index in [1.54, 1.807) is 12.1 Å². The molecule has 1 aliphatic rings. The molecular formula is C16H16F3N3O2. The average molecular weight is 339 g/mol. The molecule has 0 saturated heterocycles. The van der Waals surface area contributed by atoms with Gasteiger partial charge in [0, 0.05) is 17.0 Å². The number of hydrogen-bond donors (Lipinski definition) is 0. The lowest BCUT2D eigenvalue weighted by Crippen LogP contribution is -2.29. The summed E-state index contributed by atoms with van der Waals surface area (Å²) in [5.74, 6) is 0.0690. The van der Waals surface area contributed by atoms with E-state index in [9.17, 15) is 18.0 Å². The molecule has 128 valence electrons. The Labute approximate surface area is 135 Å². The molecule has 0 aliphatic carbocycles. The van der Waals surface area contributed by atoms with Crippen LogP contribution in [0.25, 0.3) is 10.9 Å². The molecule has 1 atom stereocenters. The van der Waals surface area contributed by atoms with Crippen LogP contribution in [0.5, 0.6) is 0 Å². The monoisotopic (exact) mass is 339 g/mol. The van der Waals surface area contributed by atoms with Gasteiger partial charge < -0.3 is 0 Å². The molecule has 0 N–H and O–H groups in total. The molecule has 2 aromatic rings. The molecule has 1 aliphatic heterocycles. The number of aromatic nitrogens is 2. The normalized spacial score (nSPS) is 17.7. The van der Waals surface area contributed by atoms with Crippen LogP contribution < -0.4 is 5.69 Å². The van der Waals surface area contributed by atoms with Gasteiger partial charge in [-0.15, -0.1) is 13.2 Å². The smallest absolute Gasteiger partial charge is 0.287 e. The molecule has 24 heavy (non-hydrogen) atoms. The van der Waals surface area contributed by atoms with Gasteiger partial charge in [0.15, 0.2) is 0 Å². The van der Waals surface area contributed by atoms with Gasteiger partial charge in [0.2, 0.25) is 0 Å². The third-order valence-corrected chi connectivity index (χ3v) is 4.06. The number of nitrogens with zero attached hydrogens (tertiary/aromatic N) is 3. The molecule has 0 amide bonds. The number of alkyl halides is 3. The van der Waals surface area contributed by atoms with Gasteiger partial charge in [-0.25, -0.2) is 4.79 Å². The van der Waals surface area contributed by atoms with Crippen molar-refractivity contribution in [2.45, 2.75) is 45.6 Å². The Morgan fingerprint density at radius 3 is 2.79 bits per heavy atom. The standard InChI is InChI=1S/C16H16F3N3O2/c1-3-11-6-9(2)21-22-14(11)12-7-10(8-24-16(17,18)19)4-5-13(12)20-15(22)23/h4-5,7,11H,3,6,8H2,1-2H3. The Balaban J connectivity index is 2.15. The highest BCUT2D eigenvalue weighted by molar-refractivity contribution is 5.87. The summed E-state index contributed by atoms with van der Waals surface area (Å²) in [4.78, 5) is 16.2. The highest BCUT2D eigenvalue weighted by Crippen LogP contribution is 2.32. The Kier molecular flexibility index (Phi) is 4.16. The van der Waals surface area contributed by atoms with E-state index < -0.39 is 18.7 Å². The van der Waals surface area contributed by atoms with Crippen molar-refractivity contribution in [2.75, 3.05) is 0 Å². The Bertz CT molecular complexity index is 871.